The first kappa shape index (κ1) is 16.3. The molecule has 1 saturated heterocycles. The molecule has 21 heavy (non-hydrogen) atoms. The third kappa shape index (κ3) is 5.01. The Hall–Kier alpha value is -1.06. The van der Waals surface area contributed by atoms with Crippen molar-refractivity contribution in [2.75, 3.05) is 32.8 Å². The van der Waals surface area contributed by atoms with E-state index in [4.69, 9.17) is 4.74 Å². The van der Waals surface area contributed by atoms with Crippen molar-refractivity contribution in [1.29, 1.82) is 0 Å². The van der Waals surface area contributed by atoms with Gasteiger partial charge < -0.3 is 10.1 Å². The van der Waals surface area contributed by atoms with E-state index in [1.54, 1.807) is 0 Å². The number of hydrogen-bond acceptors (Lipinski definition) is 3. The van der Waals surface area contributed by atoms with Gasteiger partial charge in [0.05, 0.1) is 6.61 Å². The van der Waals surface area contributed by atoms with Crippen LogP contribution in [-0.2, 0) is 0 Å². The lowest BCUT2D eigenvalue weighted by atomic mass is 10.0. The zero-order chi connectivity index (χ0) is 15.1. The molecule has 1 aromatic rings. The summed E-state index contributed by atoms with van der Waals surface area (Å²) in [5.41, 5.74) is 1.49. The van der Waals surface area contributed by atoms with Crippen molar-refractivity contribution in [3.8, 4) is 5.75 Å². The van der Waals surface area contributed by atoms with Gasteiger partial charge in [0, 0.05) is 12.1 Å². The van der Waals surface area contributed by atoms with Gasteiger partial charge in [0.1, 0.15) is 5.75 Å². The lowest BCUT2D eigenvalue weighted by Crippen LogP contribution is -2.48. The van der Waals surface area contributed by atoms with E-state index >= 15 is 0 Å². The number of aryl methyl sites for hydroxylation is 1. The van der Waals surface area contributed by atoms with Gasteiger partial charge in [-0.15, -0.1) is 0 Å². The molecule has 118 valence electrons. The zero-order valence-electron chi connectivity index (χ0n) is 13.8. The molecule has 0 aromatic heterocycles. The van der Waals surface area contributed by atoms with Gasteiger partial charge in [0.2, 0.25) is 0 Å². The van der Waals surface area contributed by atoms with Crippen LogP contribution in [0.15, 0.2) is 24.3 Å². The van der Waals surface area contributed by atoms with E-state index in [2.05, 4.69) is 49.2 Å². The van der Waals surface area contributed by atoms with Crippen molar-refractivity contribution in [1.82, 2.24) is 10.2 Å². The van der Waals surface area contributed by atoms with Gasteiger partial charge in [-0.3, -0.25) is 4.90 Å². The maximum absolute atomic E-state index is 5.87. The van der Waals surface area contributed by atoms with Crippen LogP contribution in [0.1, 0.15) is 38.7 Å². The summed E-state index contributed by atoms with van der Waals surface area (Å²) in [5.74, 6) is 1.02. The minimum absolute atomic E-state index is 0.271. The average molecular weight is 290 g/mol. The fourth-order valence-electron chi connectivity index (χ4n) is 2.92. The van der Waals surface area contributed by atoms with Gasteiger partial charge in [-0.1, -0.05) is 18.2 Å². The SMILES string of the molecule is Cc1ccccc1OCCCCN1CCCNCC1(C)C. The van der Waals surface area contributed by atoms with Gasteiger partial charge in [-0.05, 0) is 71.3 Å². The molecule has 1 heterocycles. The Bertz CT molecular complexity index is 431. The van der Waals surface area contributed by atoms with E-state index in [9.17, 15) is 0 Å². The van der Waals surface area contributed by atoms with Crippen LogP contribution in [0.3, 0.4) is 0 Å². The molecule has 3 heteroatoms. The van der Waals surface area contributed by atoms with Gasteiger partial charge >= 0.3 is 0 Å². The standard InChI is InChI=1S/C18H30N2O/c1-16-9-4-5-10-17(16)21-14-7-6-12-20-13-8-11-19-15-18(20,2)3/h4-5,9-10,19H,6-8,11-15H2,1-3H3. The molecule has 1 aromatic carbocycles. The van der Waals surface area contributed by atoms with Gasteiger partial charge in [-0.2, -0.15) is 0 Å². The first-order chi connectivity index (χ1) is 10.1. The fraction of sp³-hybridized carbons (Fsp3) is 0.667. The van der Waals surface area contributed by atoms with Crippen LogP contribution in [0.4, 0.5) is 0 Å². The topological polar surface area (TPSA) is 24.5 Å². The molecule has 0 saturated carbocycles. The normalized spacial score (nSPS) is 19.2. The van der Waals surface area contributed by atoms with E-state index in [0.29, 0.717) is 0 Å². The quantitative estimate of drug-likeness (QED) is 0.814. The smallest absolute Gasteiger partial charge is 0.122 e. The second-order valence-corrected chi connectivity index (χ2v) is 6.65. The van der Waals surface area contributed by atoms with E-state index in [-0.39, 0.29) is 5.54 Å². The Kier molecular flexibility index (Phi) is 6.07. The Morgan fingerprint density at radius 3 is 2.86 bits per heavy atom. The molecular formula is C18H30N2O. The predicted molar refractivity (Wildman–Crippen MR) is 89.0 cm³/mol. The molecule has 1 fully saturated rings. The van der Waals surface area contributed by atoms with E-state index in [0.717, 1.165) is 31.9 Å². The minimum Gasteiger partial charge on any atom is -0.493 e. The molecule has 0 spiro atoms. The van der Waals surface area contributed by atoms with Crippen LogP contribution in [0.25, 0.3) is 0 Å². The first-order valence-electron chi connectivity index (χ1n) is 8.24. The molecule has 3 nitrogen and oxygen atoms in total. The number of unbranched alkanes of at least 4 members (excludes halogenated alkanes) is 1. The largest absolute Gasteiger partial charge is 0.493 e. The van der Waals surface area contributed by atoms with Crippen LogP contribution >= 0.6 is 0 Å². The summed E-state index contributed by atoms with van der Waals surface area (Å²) in [6.45, 7) is 12.2. The second kappa shape index (κ2) is 7.81. The van der Waals surface area contributed by atoms with Gasteiger partial charge in [0.25, 0.3) is 0 Å². The number of ether oxygens (including phenoxy) is 1. The number of rotatable bonds is 6. The van der Waals surface area contributed by atoms with Crippen molar-refractivity contribution in [3.63, 3.8) is 0 Å². The molecule has 2 rings (SSSR count). The molecular weight excluding hydrogens is 260 g/mol. The van der Waals surface area contributed by atoms with Crippen LogP contribution in [0.5, 0.6) is 5.75 Å². The van der Waals surface area contributed by atoms with Gasteiger partial charge in [0.15, 0.2) is 0 Å². The minimum atomic E-state index is 0.271. The summed E-state index contributed by atoms with van der Waals surface area (Å²) in [6, 6.07) is 8.24. The number of benzene rings is 1. The second-order valence-electron chi connectivity index (χ2n) is 6.65. The maximum atomic E-state index is 5.87. The third-order valence-corrected chi connectivity index (χ3v) is 4.37. The highest BCUT2D eigenvalue weighted by Gasteiger charge is 2.27. The summed E-state index contributed by atoms with van der Waals surface area (Å²) in [5, 5.41) is 3.53. The summed E-state index contributed by atoms with van der Waals surface area (Å²) >= 11 is 0. The van der Waals surface area contributed by atoms with Crippen molar-refractivity contribution in [3.05, 3.63) is 29.8 Å². The predicted octanol–water partition coefficient (Wildman–Crippen LogP) is 3.23. The summed E-state index contributed by atoms with van der Waals surface area (Å²) in [4.78, 5) is 2.63. The summed E-state index contributed by atoms with van der Waals surface area (Å²) in [7, 11) is 0. The van der Waals surface area contributed by atoms with Crippen LogP contribution in [0, 0.1) is 6.92 Å². The van der Waals surface area contributed by atoms with Crippen molar-refractivity contribution in [2.45, 2.75) is 45.6 Å². The highest BCUT2D eigenvalue weighted by molar-refractivity contribution is 5.31. The van der Waals surface area contributed by atoms with E-state index < -0.39 is 0 Å². The average Bonchev–Trinajstić information content (AvgIpc) is 2.62. The summed E-state index contributed by atoms with van der Waals surface area (Å²) in [6.07, 6.45) is 3.58. The first-order valence-corrected chi connectivity index (χ1v) is 8.24. The lowest BCUT2D eigenvalue weighted by molar-refractivity contribution is 0.128. The Morgan fingerprint density at radius 2 is 2.05 bits per heavy atom. The van der Waals surface area contributed by atoms with E-state index in [1.165, 1.54) is 31.5 Å². The number of nitrogens with zero attached hydrogens (tertiary/aromatic N) is 1. The molecule has 0 bridgehead atoms. The summed E-state index contributed by atoms with van der Waals surface area (Å²) < 4.78 is 5.87. The molecule has 1 N–H and O–H groups in total. The molecule has 1 aliphatic heterocycles. The molecule has 0 unspecified atom stereocenters. The van der Waals surface area contributed by atoms with Crippen molar-refractivity contribution < 1.29 is 4.74 Å². The highest BCUT2D eigenvalue weighted by atomic mass is 16.5. The number of nitrogens with one attached hydrogen (secondary N) is 1. The Morgan fingerprint density at radius 1 is 1.24 bits per heavy atom. The lowest BCUT2D eigenvalue weighted by Gasteiger charge is -2.37. The van der Waals surface area contributed by atoms with E-state index in [1.807, 2.05) is 6.07 Å². The van der Waals surface area contributed by atoms with Crippen molar-refractivity contribution >= 4 is 0 Å². The van der Waals surface area contributed by atoms with Crippen LogP contribution in [0.2, 0.25) is 0 Å². The molecule has 0 aliphatic carbocycles. The van der Waals surface area contributed by atoms with Crippen molar-refractivity contribution in [2.24, 2.45) is 0 Å². The number of para-hydroxylation sites is 1. The monoisotopic (exact) mass is 290 g/mol. The number of hydrogen-bond donors (Lipinski definition) is 1. The molecule has 0 amide bonds. The molecule has 0 radical (unpaired) electrons. The van der Waals surface area contributed by atoms with Crippen LogP contribution in [-0.4, -0.2) is 43.2 Å². The Balaban J connectivity index is 1.68. The fourth-order valence-corrected chi connectivity index (χ4v) is 2.92. The third-order valence-electron chi connectivity index (χ3n) is 4.37. The molecule has 1 aliphatic rings. The highest BCUT2D eigenvalue weighted by Crippen LogP contribution is 2.18. The zero-order valence-corrected chi connectivity index (χ0v) is 13.8. The Labute approximate surface area is 129 Å². The molecule has 0 atom stereocenters. The van der Waals surface area contributed by atoms with Crippen LogP contribution < -0.4 is 10.1 Å². The maximum Gasteiger partial charge on any atom is 0.122 e. The van der Waals surface area contributed by atoms with Gasteiger partial charge in [-0.25, -0.2) is 0 Å².